The monoisotopic (exact) mass is 339 g/mol. The van der Waals surface area contributed by atoms with Crippen LogP contribution in [0.1, 0.15) is 17.4 Å². The molecule has 1 N–H and O–H groups in total. The van der Waals surface area contributed by atoms with Gasteiger partial charge in [-0.2, -0.15) is 0 Å². The van der Waals surface area contributed by atoms with Gasteiger partial charge in [-0.25, -0.2) is 0 Å². The van der Waals surface area contributed by atoms with E-state index in [-0.39, 0.29) is 0 Å². The Bertz CT molecular complexity index is 499. The van der Waals surface area contributed by atoms with Crippen molar-refractivity contribution in [2.45, 2.75) is 19.9 Å². The zero-order chi connectivity index (χ0) is 13.5. The molecule has 0 aliphatic carbocycles. The van der Waals surface area contributed by atoms with Crippen LogP contribution in [-0.4, -0.2) is 13.2 Å². The normalized spacial score (nSPS) is 10.6. The molecule has 0 atom stereocenters. The summed E-state index contributed by atoms with van der Waals surface area (Å²) >= 11 is 5.34. The topological polar surface area (TPSA) is 21.3 Å². The number of halogens is 1. The molecular formula is C15H18BrNOS. The van der Waals surface area contributed by atoms with Crippen LogP contribution < -0.4 is 10.1 Å². The molecule has 19 heavy (non-hydrogen) atoms. The lowest BCUT2D eigenvalue weighted by Gasteiger charge is -2.13. The van der Waals surface area contributed by atoms with Gasteiger partial charge in [-0.15, -0.1) is 11.3 Å². The van der Waals surface area contributed by atoms with Crippen LogP contribution >= 0.6 is 27.3 Å². The van der Waals surface area contributed by atoms with Gasteiger partial charge in [-0.3, -0.25) is 0 Å². The Morgan fingerprint density at radius 3 is 2.89 bits per heavy atom. The fourth-order valence-electron chi connectivity index (χ4n) is 1.82. The van der Waals surface area contributed by atoms with Gasteiger partial charge in [-0.1, -0.05) is 25.1 Å². The minimum absolute atomic E-state index is 0.711. The summed E-state index contributed by atoms with van der Waals surface area (Å²) in [5.41, 5.74) is 1.20. The van der Waals surface area contributed by atoms with Crippen LogP contribution in [0.4, 0.5) is 0 Å². The minimum atomic E-state index is 0.711. The number of benzene rings is 1. The first-order valence-electron chi connectivity index (χ1n) is 6.44. The van der Waals surface area contributed by atoms with Gasteiger partial charge in [0.2, 0.25) is 0 Å². The third-order valence-corrected chi connectivity index (χ3v) is 4.35. The highest BCUT2D eigenvalue weighted by Gasteiger charge is 2.07. The van der Waals surface area contributed by atoms with Crippen molar-refractivity contribution in [2.75, 3.05) is 13.2 Å². The Labute approximate surface area is 126 Å². The van der Waals surface area contributed by atoms with Crippen molar-refractivity contribution in [1.29, 1.82) is 0 Å². The first-order chi connectivity index (χ1) is 9.31. The molecule has 0 saturated carbocycles. The van der Waals surface area contributed by atoms with Crippen molar-refractivity contribution in [3.8, 4) is 5.75 Å². The first-order valence-corrected chi connectivity index (χ1v) is 8.11. The van der Waals surface area contributed by atoms with Gasteiger partial charge in [0.05, 0.1) is 11.1 Å². The zero-order valence-corrected chi connectivity index (χ0v) is 13.4. The van der Waals surface area contributed by atoms with E-state index in [0.29, 0.717) is 6.61 Å². The van der Waals surface area contributed by atoms with Crippen LogP contribution in [0.25, 0.3) is 0 Å². The molecule has 0 unspecified atom stereocenters. The highest BCUT2D eigenvalue weighted by atomic mass is 79.9. The maximum absolute atomic E-state index is 5.96. The van der Waals surface area contributed by atoms with Crippen LogP contribution in [0.5, 0.6) is 5.75 Å². The average Bonchev–Trinajstić information content (AvgIpc) is 2.92. The van der Waals surface area contributed by atoms with Crippen LogP contribution in [0.15, 0.2) is 40.2 Å². The molecule has 0 aliphatic rings. The van der Waals surface area contributed by atoms with E-state index >= 15 is 0 Å². The van der Waals surface area contributed by atoms with E-state index in [0.717, 1.165) is 29.7 Å². The SMILES string of the molecule is CCNCc1cccc(Br)c1OCCc1cccs1. The Hall–Kier alpha value is -0.840. The first kappa shape index (κ1) is 14.6. The quantitative estimate of drug-likeness (QED) is 0.814. The molecule has 0 spiro atoms. The van der Waals surface area contributed by atoms with Crippen molar-refractivity contribution in [1.82, 2.24) is 5.32 Å². The van der Waals surface area contributed by atoms with E-state index in [1.54, 1.807) is 11.3 Å². The van der Waals surface area contributed by atoms with Gasteiger partial charge in [0.1, 0.15) is 5.75 Å². The fraction of sp³-hybridized carbons (Fsp3) is 0.333. The zero-order valence-electron chi connectivity index (χ0n) is 11.0. The maximum atomic E-state index is 5.96. The Kier molecular flexibility index (Phi) is 5.89. The number of hydrogen-bond acceptors (Lipinski definition) is 3. The number of thiophene rings is 1. The molecule has 0 radical (unpaired) electrons. The number of para-hydroxylation sites is 1. The van der Waals surface area contributed by atoms with Crippen molar-refractivity contribution >= 4 is 27.3 Å². The molecule has 102 valence electrons. The highest BCUT2D eigenvalue weighted by molar-refractivity contribution is 9.10. The molecule has 1 heterocycles. The maximum Gasteiger partial charge on any atom is 0.137 e. The van der Waals surface area contributed by atoms with Gasteiger partial charge in [0, 0.05) is 23.4 Å². The van der Waals surface area contributed by atoms with Gasteiger partial charge in [0.25, 0.3) is 0 Å². The second kappa shape index (κ2) is 7.68. The predicted octanol–water partition coefficient (Wildman–Crippen LogP) is 4.24. The highest BCUT2D eigenvalue weighted by Crippen LogP contribution is 2.29. The largest absolute Gasteiger partial charge is 0.492 e. The van der Waals surface area contributed by atoms with Crippen LogP contribution in [0.2, 0.25) is 0 Å². The lowest BCUT2D eigenvalue weighted by molar-refractivity contribution is 0.317. The van der Waals surface area contributed by atoms with Crippen molar-refractivity contribution in [2.24, 2.45) is 0 Å². The second-order valence-electron chi connectivity index (χ2n) is 4.19. The summed E-state index contributed by atoms with van der Waals surface area (Å²) in [5.74, 6) is 0.958. The molecule has 0 aliphatic heterocycles. The fourth-order valence-corrected chi connectivity index (χ4v) is 3.03. The molecule has 0 saturated heterocycles. The van der Waals surface area contributed by atoms with E-state index in [4.69, 9.17) is 4.74 Å². The molecular weight excluding hydrogens is 322 g/mol. The smallest absolute Gasteiger partial charge is 0.137 e. The van der Waals surface area contributed by atoms with Gasteiger partial charge >= 0.3 is 0 Å². The molecule has 2 rings (SSSR count). The number of hydrogen-bond donors (Lipinski definition) is 1. The van der Waals surface area contributed by atoms with Crippen LogP contribution in [-0.2, 0) is 13.0 Å². The van der Waals surface area contributed by atoms with Crippen LogP contribution in [0, 0.1) is 0 Å². The van der Waals surface area contributed by atoms with E-state index in [1.807, 2.05) is 12.1 Å². The Balaban J connectivity index is 1.97. The van der Waals surface area contributed by atoms with E-state index in [1.165, 1.54) is 10.4 Å². The molecule has 1 aromatic heterocycles. The summed E-state index contributed by atoms with van der Waals surface area (Å²) in [7, 11) is 0. The summed E-state index contributed by atoms with van der Waals surface area (Å²) in [6, 6.07) is 10.4. The second-order valence-corrected chi connectivity index (χ2v) is 6.07. The van der Waals surface area contributed by atoms with E-state index in [2.05, 4.69) is 51.7 Å². The molecule has 0 fully saturated rings. The standard InChI is InChI=1S/C15H18BrNOS/c1-2-17-11-12-5-3-7-14(16)15(12)18-9-8-13-6-4-10-19-13/h3-7,10,17H,2,8-9,11H2,1H3. The van der Waals surface area contributed by atoms with E-state index < -0.39 is 0 Å². The number of ether oxygens (including phenoxy) is 1. The third kappa shape index (κ3) is 4.34. The Morgan fingerprint density at radius 2 is 2.16 bits per heavy atom. The molecule has 0 bridgehead atoms. The Morgan fingerprint density at radius 1 is 1.26 bits per heavy atom. The third-order valence-electron chi connectivity index (χ3n) is 2.79. The van der Waals surface area contributed by atoms with Gasteiger partial charge in [0.15, 0.2) is 0 Å². The number of rotatable bonds is 7. The molecule has 1 aromatic carbocycles. The summed E-state index contributed by atoms with van der Waals surface area (Å²) < 4.78 is 6.98. The molecule has 2 aromatic rings. The molecule has 0 amide bonds. The summed E-state index contributed by atoms with van der Waals surface area (Å²) in [6.07, 6.45) is 0.958. The van der Waals surface area contributed by atoms with Crippen LogP contribution in [0.3, 0.4) is 0 Å². The lowest BCUT2D eigenvalue weighted by Crippen LogP contribution is -2.13. The van der Waals surface area contributed by atoms with Gasteiger partial charge in [-0.05, 0) is 40.0 Å². The number of nitrogens with one attached hydrogen (secondary N) is 1. The minimum Gasteiger partial charge on any atom is -0.492 e. The average molecular weight is 340 g/mol. The lowest BCUT2D eigenvalue weighted by atomic mass is 10.2. The summed E-state index contributed by atoms with van der Waals surface area (Å²) in [5, 5.41) is 5.44. The van der Waals surface area contributed by atoms with Crippen molar-refractivity contribution in [3.05, 3.63) is 50.6 Å². The van der Waals surface area contributed by atoms with Crippen molar-refractivity contribution in [3.63, 3.8) is 0 Å². The van der Waals surface area contributed by atoms with Crippen molar-refractivity contribution < 1.29 is 4.74 Å². The predicted molar refractivity (Wildman–Crippen MR) is 85.0 cm³/mol. The van der Waals surface area contributed by atoms with Gasteiger partial charge < -0.3 is 10.1 Å². The molecule has 2 nitrogen and oxygen atoms in total. The summed E-state index contributed by atoms with van der Waals surface area (Å²) in [6.45, 7) is 4.61. The van der Waals surface area contributed by atoms with E-state index in [9.17, 15) is 0 Å². The summed E-state index contributed by atoms with van der Waals surface area (Å²) in [4.78, 5) is 1.36. The molecule has 4 heteroatoms.